The highest BCUT2D eigenvalue weighted by molar-refractivity contribution is 6.26. The van der Waals surface area contributed by atoms with E-state index in [1.807, 2.05) is 5.32 Å². The molecule has 1 aliphatic rings. The molecule has 24 heavy (non-hydrogen) atoms. The maximum atomic E-state index is 13.6. The molecule has 0 aliphatic heterocycles. The summed E-state index contributed by atoms with van der Waals surface area (Å²) in [5, 5.41) is 11.5. The molecule has 1 aliphatic carbocycles. The topological polar surface area (TPSA) is 49.3 Å². The highest BCUT2D eigenvalue weighted by Gasteiger charge is 2.56. The fourth-order valence-corrected chi connectivity index (χ4v) is 2.54. The molecule has 0 aromatic heterocycles. The zero-order valence-corrected chi connectivity index (χ0v) is 13.2. The van der Waals surface area contributed by atoms with Crippen molar-refractivity contribution in [2.75, 3.05) is 0 Å². The van der Waals surface area contributed by atoms with Gasteiger partial charge in [-0.1, -0.05) is 36.4 Å². The summed E-state index contributed by atoms with van der Waals surface area (Å²) >= 11 is 6.42. The highest BCUT2D eigenvalue weighted by atomic mass is 35.5. The maximum absolute atomic E-state index is 13.6. The first-order valence-corrected chi connectivity index (χ1v) is 7.27. The normalized spacial score (nSPS) is 26.5. The van der Waals surface area contributed by atoms with Crippen LogP contribution in [0.3, 0.4) is 0 Å². The Morgan fingerprint density at radius 2 is 1.88 bits per heavy atom. The first-order chi connectivity index (χ1) is 11.0. The summed E-state index contributed by atoms with van der Waals surface area (Å²) in [7, 11) is 0. The highest BCUT2D eigenvalue weighted by Crippen LogP contribution is 2.40. The minimum Gasteiger partial charge on any atom is -0.373 e. The van der Waals surface area contributed by atoms with Gasteiger partial charge in [-0.3, -0.25) is 4.79 Å². The van der Waals surface area contributed by atoms with Gasteiger partial charge in [0.25, 0.3) is 5.91 Å². The third-order valence-corrected chi connectivity index (χ3v) is 4.31. The molecule has 0 saturated heterocycles. The van der Waals surface area contributed by atoms with Gasteiger partial charge in [-0.15, -0.1) is 11.6 Å². The molecule has 3 nitrogen and oxygen atoms in total. The van der Waals surface area contributed by atoms with Gasteiger partial charge >= 0.3 is 6.18 Å². The fraction of sp³-hybridized carbons (Fsp3) is 0.312. The third-order valence-electron chi connectivity index (χ3n) is 3.75. The molecule has 3 unspecified atom stereocenters. The van der Waals surface area contributed by atoms with Gasteiger partial charge < -0.3 is 10.4 Å². The maximum Gasteiger partial charge on any atom is 0.426 e. The number of halogens is 5. The molecule has 2 N–H and O–H groups in total. The first kappa shape index (κ1) is 18.5. The smallest absolute Gasteiger partial charge is 0.373 e. The predicted octanol–water partition coefficient (Wildman–Crippen LogP) is 3.34. The molecule has 1 amide bonds. The van der Waals surface area contributed by atoms with Crippen molar-refractivity contribution in [3.63, 3.8) is 0 Å². The van der Waals surface area contributed by atoms with Crippen LogP contribution in [0.2, 0.25) is 0 Å². The van der Waals surface area contributed by atoms with Crippen molar-refractivity contribution in [3.05, 3.63) is 60.0 Å². The number of benzene rings is 1. The molecular weight excluding hydrogens is 350 g/mol. The summed E-state index contributed by atoms with van der Waals surface area (Å²) < 4.78 is 52.0. The van der Waals surface area contributed by atoms with Gasteiger partial charge in [-0.25, -0.2) is 4.39 Å². The predicted molar refractivity (Wildman–Crippen MR) is 80.9 cm³/mol. The number of rotatable bonds is 3. The standard InChI is InChI=1S/C16H14ClF4NO2/c1-14(24,16(19,20)21)13(23)22-12-8-7-11(18)9-15(12,17)10-5-3-2-4-6-10/h2-9,12,24H,1H3,(H,22,23). The molecule has 0 bridgehead atoms. The van der Waals surface area contributed by atoms with Crippen molar-refractivity contribution in [2.45, 2.75) is 29.6 Å². The quantitative estimate of drug-likeness (QED) is 0.639. The van der Waals surface area contributed by atoms with Crippen molar-refractivity contribution >= 4 is 17.5 Å². The van der Waals surface area contributed by atoms with E-state index >= 15 is 0 Å². The number of hydrogen-bond donors (Lipinski definition) is 2. The lowest BCUT2D eigenvalue weighted by molar-refractivity contribution is -0.245. The summed E-state index contributed by atoms with van der Waals surface area (Å²) in [6.07, 6.45) is -2.05. The number of allylic oxidation sites excluding steroid dienone is 2. The zero-order chi connectivity index (χ0) is 18.2. The van der Waals surface area contributed by atoms with Crippen LogP contribution in [0.5, 0.6) is 0 Å². The number of carbonyl (C=O) groups is 1. The molecule has 0 saturated carbocycles. The molecule has 130 valence electrons. The molecule has 0 heterocycles. The second kappa shape index (κ2) is 6.22. The molecule has 3 atom stereocenters. The van der Waals surface area contributed by atoms with E-state index in [4.69, 9.17) is 11.6 Å². The molecule has 0 radical (unpaired) electrons. The van der Waals surface area contributed by atoms with Crippen LogP contribution in [0.1, 0.15) is 12.5 Å². The Morgan fingerprint density at radius 1 is 1.29 bits per heavy atom. The minimum absolute atomic E-state index is 0.337. The van der Waals surface area contributed by atoms with E-state index in [1.54, 1.807) is 30.3 Å². The molecular formula is C16H14ClF4NO2. The Balaban J connectivity index is 2.35. The molecule has 1 aromatic rings. The fourth-order valence-electron chi connectivity index (χ4n) is 2.19. The molecule has 1 aromatic carbocycles. The lowest BCUT2D eigenvalue weighted by atomic mass is 9.86. The van der Waals surface area contributed by atoms with Gasteiger partial charge in [0, 0.05) is 0 Å². The van der Waals surface area contributed by atoms with Gasteiger partial charge in [0.1, 0.15) is 10.7 Å². The van der Waals surface area contributed by atoms with Crippen molar-refractivity contribution in [2.24, 2.45) is 0 Å². The van der Waals surface area contributed by atoms with Crippen LogP contribution in [-0.4, -0.2) is 28.8 Å². The van der Waals surface area contributed by atoms with Crippen LogP contribution in [0.4, 0.5) is 17.6 Å². The second-order valence-electron chi connectivity index (χ2n) is 5.54. The molecule has 8 heteroatoms. The summed E-state index contributed by atoms with van der Waals surface area (Å²) in [6, 6.07) is 6.84. The average Bonchev–Trinajstić information content (AvgIpc) is 2.49. The van der Waals surface area contributed by atoms with E-state index in [9.17, 15) is 27.5 Å². The van der Waals surface area contributed by atoms with Crippen LogP contribution < -0.4 is 5.32 Å². The summed E-state index contributed by atoms with van der Waals surface area (Å²) in [4.78, 5) is 10.3. The van der Waals surface area contributed by atoms with E-state index in [1.165, 1.54) is 0 Å². The monoisotopic (exact) mass is 363 g/mol. The number of hydrogen-bond acceptors (Lipinski definition) is 2. The molecule has 2 rings (SSSR count). The second-order valence-corrected chi connectivity index (χ2v) is 6.17. The van der Waals surface area contributed by atoms with Crippen LogP contribution in [0, 0.1) is 0 Å². The number of nitrogens with one attached hydrogen (secondary N) is 1. The Morgan fingerprint density at radius 3 is 2.42 bits per heavy atom. The van der Waals surface area contributed by atoms with E-state index in [0.29, 0.717) is 12.5 Å². The van der Waals surface area contributed by atoms with E-state index in [2.05, 4.69) is 0 Å². The van der Waals surface area contributed by atoms with E-state index in [-0.39, 0.29) is 0 Å². The zero-order valence-electron chi connectivity index (χ0n) is 12.4. The van der Waals surface area contributed by atoms with E-state index < -0.39 is 34.4 Å². The van der Waals surface area contributed by atoms with E-state index in [0.717, 1.165) is 18.2 Å². The lowest BCUT2D eigenvalue weighted by Crippen LogP contribution is -2.59. The Labute approximate surface area is 140 Å². The van der Waals surface area contributed by atoms with Crippen LogP contribution in [0.15, 0.2) is 54.4 Å². The minimum atomic E-state index is -5.17. The molecule has 0 spiro atoms. The van der Waals surface area contributed by atoms with Gasteiger partial charge in [-0.05, 0) is 24.6 Å². The summed E-state index contributed by atoms with van der Waals surface area (Å²) in [5.41, 5.74) is -3.22. The van der Waals surface area contributed by atoms with Crippen LogP contribution >= 0.6 is 11.6 Å². The van der Waals surface area contributed by atoms with Crippen molar-refractivity contribution < 1.29 is 27.5 Å². The number of aliphatic hydroxyl groups is 1. The SMILES string of the molecule is CC(O)(C(=O)NC1C=CC(F)=CC1(Cl)c1ccccc1)C(F)(F)F. The third kappa shape index (κ3) is 3.32. The summed E-state index contributed by atoms with van der Waals surface area (Å²) in [5.74, 6) is -2.37. The van der Waals surface area contributed by atoms with Crippen molar-refractivity contribution in [1.82, 2.24) is 5.32 Å². The van der Waals surface area contributed by atoms with Gasteiger partial charge in [-0.2, -0.15) is 13.2 Å². The Hall–Kier alpha value is -1.86. The number of carbonyl (C=O) groups excluding carboxylic acids is 1. The van der Waals surface area contributed by atoms with Crippen molar-refractivity contribution in [1.29, 1.82) is 0 Å². The van der Waals surface area contributed by atoms with Crippen LogP contribution in [-0.2, 0) is 9.67 Å². The number of alkyl halides is 4. The first-order valence-electron chi connectivity index (χ1n) is 6.89. The number of amides is 1. The van der Waals surface area contributed by atoms with Gasteiger partial charge in [0.05, 0.1) is 6.04 Å². The Bertz CT molecular complexity index is 685. The van der Waals surface area contributed by atoms with Crippen LogP contribution in [0.25, 0.3) is 0 Å². The van der Waals surface area contributed by atoms with Crippen molar-refractivity contribution in [3.8, 4) is 0 Å². The van der Waals surface area contributed by atoms with Gasteiger partial charge in [0.2, 0.25) is 5.60 Å². The average molecular weight is 364 g/mol. The molecule has 0 fully saturated rings. The largest absolute Gasteiger partial charge is 0.426 e. The summed E-state index contributed by atoms with van der Waals surface area (Å²) in [6.45, 7) is 0.337. The van der Waals surface area contributed by atoms with Gasteiger partial charge in [0.15, 0.2) is 0 Å². The lowest BCUT2D eigenvalue weighted by Gasteiger charge is -2.36. The Kier molecular flexibility index (Phi) is 4.79.